The molecule has 94 valence electrons. The first-order chi connectivity index (χ1) is 8.22. The number of benzene rings is 1. The van der Waals surface area contributed by atoms with Gasteiger partial charge in [-0.2, -0.15) is 12.6 Å². The summed E-state index contributed by atoms with van der Waals surface area (Å²) >= 11 is 4.26. The molecule has 17 heavy (non-hydrogen) atoms. The summed E-state index contributed by atoms with van der Waals surface area (Å²) in [4.78, 5) is 0. The summed E-state index contributed by atoms with van der Waals surface area (Å²) in [6.07, 6.45) is 0.906. The molecular formula is C13H17FO2S. The third-order valence-electron chi connectivity index (χ3n) is 3.19. The molecular weight excluding hydrogens is 239 g/mol. The topological polar surface area (TPSA) is 18.5 Å². The molecule has 0 spiro atoms. The predicted octanol–water partition coefficient (Wildman–Crippen LogP) is 2.81. The fourth-order valence-electron chi connectivity index (χ4n) is 2.12. The monoisotopic (exact) mass is 256 g/mol. The van der Waals surface area contributed by atoms with Gasteiger partial charge in [0, 0.05) is 5.41 Å². The van der Waals surface area contributed by atoms with Crippen LogP contribution in [0.15, 0.2) is 18.2 Å². The molecule has 0 aromatic heterocycles. The number of hydrogen-bond acceptors (Lipinski definition) is 3. The van der Waals surface area contributed by atoms with Crippen molar-refractivity contribution >= 4 is 12.6 Å². The fourth-order valence-corrected chi connectivity index (χ4v) is 2.55. The van der Waals surface area contributed by atoms with Crippen LogP contribution in [0, 0.1) is 5.82 Å². The van der Waals surface area contributed by atoms with Crippen molar-refractivity contribution in [3.63, 3.8) is 0 Å². The molecule has 0 radical (unpaired) electrons. The van der Waals surface area contributed by atoms with Gasteiger partial charge in [0.2, 0.25) is 0 Å². The molecule has 0 amide bonds. The summed E-state index contributed by atoms with van der Waals surface area (Å²) in [6, 6.07) is 5.20. The second-order valence-corrected chi connectivity index (χ2v) is 4.77. The Hall–Kier alpha value is -0.740. The molecule has 0 saturated carbocycles. The molecule has 1 heterocycles. The molecule has 1 aliphatic rings. The summed E-state index contributed by atoms with van der Waals surface area (Å²) in [5.74, 6) is 0.797. The molecule has 1 saturated heterocycles. The fraction of sp³-hybridized carbons (Fsp3) is 0.538. The highest BCUT2D eigenvalue weighted by molar-refractivity contribution is 7.80. The molecule has 1 aliphatic heterocycles. The summed E-state index contributed by atoms with van der Waals surface area (Å²) in [5.41, 5.74) is 0.937. The maximum absolute atomic E-state index is 13.8. The number of rotatable bonds is 5. The van der Waals surface area contributed by atoms with E-state index in [0.717, 1.165) is 17.7 Å². The van der Waals surface area contributed by atoms with Crippen molar-refractivity contribution < 1.29 is 13.9 Å². The standard InChI is InChI=1S/C13H17FO2S/c1-2-16-12-4-3-10(7-11(12)14)13(5-6-17)8-15-9-13/h3-4,7,17H,2,5-6,8-9H2,1H3. The van der Waals surface area contributed by atoms with Gasteiger partial charge in [0.25, 0.3) is 0 Å². The zero-order chi connectivity index (χ0) is 12.3. The Morgan fingerprint density at radius 2 is 2.24 bits per heavy atom. The van der Waals surface area contributed by atoms with Crippen LogP contribution in [0.5, 0.6) is 5.75 Å². The van der Waals surface area contributed by atoms with Crippen molar-refractivity contribution in [3.05, 3.63) is 29.6 Å². The lowest BCUT2D eigenvalue weighted by Crippen LogP contribution is -2.47. The van der Waals surface area contributed by atoms with Gasteiger partial charge in [-0.1, -0.05) is 6.07 Å². The van der Waals surface area contributed by atoms with Crippen molar-refractivity contribution in [1.29, 1.82) is 0 Å². The van der Waals surface area contributed by atoms with Crippen LogP contribution in [0.1, 0.15) is 18.9 Å². The molecule has 2 rings (SSSR count). The number of hydrogen-bond donors (Lipinski definition) is 1. The van der Waals surface area contributed by atoms with Gasteiger partial charge < -0.3 is 9.47 Å². The normalized spacial score (nSPS) is 17.6. The minimum atomic E-state index is -0.296. The van der Waals surface area contributed by atoms with Gasteiger partial charge in [-0.05, 0) is 36.8 Å². The third kappa shape index (κ3) is 2.43. The molecule has 1 aromatic carbocycles. The minimum Gasteiger partial charge on any atom is -0.491 e. The van der Waals surface area contributed by atoms with E-state index in [4.69, 9.17) is 9.47 Å². The van der Waals surface area contributed by atoms with E-state index in [9.17, 15) is 4.39 Å². The second-order valence-electron chi connectivity index (χ2n) is 4.32. The van der Waals surface area contributed by atoms with E-state index < -0.39 is 0 Å². The van der Waals surface area contributed by atoms with Crippen LogP contribution in [0.25, 0.3) is 0 Å². The first-order valence-corrected chi connectivity index (χ1v) is 6.46. The Morgan fingerprint density at radius 3 is 2.71 bits per heavy atom. The Bertz CT molecular complexity index is 391. The molecule has 0 N–H and O–H groups in total. The van der Waals surface area contributed by atoms with Gasteiger partial charge in [0.05, 0.1) is 19.8 Å². The summed E-state index contributed by atoms with van der Waals surface area (Å²) < 4.78 is 24.3. The predicted molar refractivity (Wildman–Crippen MR) is 68.5 cm³/mol. The van der Waals surface area contributed by atoms with Crippen molar-refractivity contribution in [2.45, 2.75) is 18.8 Å². The molecule has 0 aliphatic carbocycles. The number of ether oxygens (including phenoxy) is 2. The number of halogens is 1. The lowest BCUT2D eigenvalue weighted by molar-refractivity contribution is -0.0615. The van der Waals surface area contributed by atoms with Crippen LogP contribution >= 0.6 is 12.6 Å². The third-order valence-corrected chi connectivity index (χ3v) is 3.41. The Kier molecular flexibility index (Phi) is 3.94. The Labute approximate surface area is 107 Å². The van der Waals surface area contributed by atoms with Gasteiger partial charge in [-0.25, -0.2) is 4.39 Å². The minimum absolute atomic E-state index is 0.0483. The van der Waals surface area contributed by atoms with Gasteiger partial charge in [0.1, 0.15) is 0 Å². The largest absolute Gasteiger partial charge is 0.491 e. The average molecular weight is 256 g/mol. The van der Waals surface area contributed by atoms with Crippen molar-refractivity contribution in [1.82, 2.24) is 0 Å². The van der Waals surface area contributed by atoms with E-state index in [1.54, 1.807) is 12.1 Å². The molecule has 4 heteroatoms. The van der Waals surface area contributed by atoms with Gasteiger partial charge in [0.15, 0.2) is 11.6 Å². The zero-order valence-corrected chi connectivity index (χ0v) is 10.8. The van der Waals surface area contributed by atoms with E-state index in [2.05, 4.69) is 12.6 Å². The Balaban J connectivity index is 2.24. The molecule has 0 bridgehead atoms. The smallest absolute Gasteiger partial charge is 0.165 e. The highest BCUT2D eigenvalue weighted by atomic mass is 32.1. The molecule has 2 nitrogen and oxygen atoms in total. The van der Waals surface area contributed by atoms with Crippen molar-refractivity contribution in [2.75, 3.05) is 25.6 Å². The SMILES string of the molecule is CCOc1ccc(C2(CCS)COC2)cc1F. The molecule has 1 fully saturated rings. The maximum atomic E-state index is 13.8. The molecule has 0 atom stereocenters. The quantitative estimate of drug-likeness (QED) is 0.817. The average Bonchev–Trinajstić information content (AvgIpc) is 2.27. The lowest BCUT2D eigenvalue weighted by Gasteiger charge is -2.42. The van der Waals surface area contributed by atoms with E-state index in [1.807, 2.05) is 13.0 Å². The van der Waals surface area contributed by atoms with Crippen LogP contribution in [-0.4, -0.2) is 25.6 Å². The van der Waals surface area contributed by atoms with Crippen LogP contribution in [0.2, 0.25) is 0 Å². The first kappa shape index (κ1) is 12.7. The van der Waals surface area contributed by atoms with E-state index in [1.165, 1.54) is 0 Å². The zero-order valence-electron chi connectivity index (χ0n) is 9.91. The first-order valence-electron chi connectivity index (χ1n) is 5.83. The van der Waals surface area contributed by atoms with Crippen LogP contribution in [-0.2, 0) is 10.2 Å². The summed E-state index contributed by atoms with van der Waals surface area (Å²) in [6.45, 7) is 3.62. The van der Waals surface area contributed by atoms with Crippen molar-refractivity contribution in [2.24, 2.45) is 0 Å². The molecule has 0 unspecified atom stereocenters. The second kappa shape index (κ2) is 5.27. The maximum Gasteiger partial charge on any atom is 0.165 e. The van der Waals surface area contributed by atoms with Gasteiger partial charge in [-0.15, -0.1) is 0 Å². The van der Waals surface area contributed by atoms with E-state index in [-0.39, 0.29) is 11.2 Å². The van der Waals surface area contributed by atoms with Crippen LogP contribution < -0.4 is 4.74 Å². The highest BCUT2D eigenvalue weighted by Gasteiger charge is 2.39. The summed E-state index contributed by atoms with van der Waals surface area (Å²) in [5, 5.41) is 0. The van der Waals surface area contributed by atoms with E-state index >= 15 is 0 Å². The van der Waals surface area contributed by atoms with Gasteiger partial charge in [-0.3, -0.25) is 0 Å². The van der Waals surface area contributed by atoms with Crippen molar-refractivity contribution in [3.8, 4) is 5.75 Å². The van der Waals surface area contributed by atoms with Crippen LogP contribution in [0.4, 0.5) is 4.39 Å². The van der Waals surface area contributed by atoms with Gasteiger partial charge >= 0.3 is 0 Å². The van der Waals surface area contributed by atoms with Crippen LogP contribution in [0.3, 0.4) is 0 Å². The highest BCUT2D eigenvalue weighted by Crippen LogP contribution is 2.37. The van der Waals surface area contributed by atoms with E-state index in [0.29, 0.717) is 25.6 Å². The Morgan fingerprint density at radius 1 is 1.47 bits per heavy atom. The molecule has 1 aromatic rings. The lowest BCUT2D eigenvalue weighted by atomic mass is 9.76. The summed E-state index contributed by atoms with van der Waals surface area (Å²) in [7, 11) is 0. The number of thiol groups is 1.